The molecule has 2 aromatic rings. The van der Waals surface area contributed by atoms with Gasteiger partial charge in [-0.2, -0.15) is 5.10 Å². The molecular formula is C25H33N3O. The van der Waals surface area contributed by atoms with Gasteiger partial charge in [0.05, 0.1) is 6.21 Å². The third-order valence-corrected chi connectivity index (χ3v) is 5.70. The lowest BCUT2D eigenvalue weighted by Gasteiger charge is -2.50. The Bertz CT molecular complexity index is 871. The van der Waals surface area contributed by atoms with E-state index in [1.165, 1.54) is 11.3 Å². The second-order valence-electron chi connectivity index (χ2n) is 8.98. The van der Waals surface area contributed by atoms with Crippen molar-refractivity contribution in [2.45, 2.75) is 71.4 Å². The van der Waals surface area contributed by atoms with E-state index in [9.17, 15) is 4.79 Å². The number of aryl methyl sites for hydroxylation is 1. The fraction of sp³-hybridized carbons (Fsp3) is 0.440. The Labute approximate surface area is 175 Å². The van der Waals surface area contributed by atoms with Crippen molar-refractivity contribution in [1.29, 1.82) is 0 Å². The maximum Gasteiger partial charge on any atom is 0.240 e. The number of fused-ring (bicyclic) bond motifs is 1. The molecule has 1 amide bonds. The van der Waals surface area contributed by atoms with E-state index in [0.29, 0.717) is 18.4 Å². The summed E-state index contributed by atoms with van der Waals surface area (Å²) >= 11 is 0. The number of carbonyl (C=O) groups excluding carboxylic acids is 1. The van der Waals surface area contributed by atoms with Crippen LogP contribution in [0.5, 0.6) is 0 Å². The van der Waals surface area contributed by atoms with Crippen molar-refractivity contribution >= 4 is 17.8 Å². The van der Waals surface area contributed by atoms with Gasteiger partial charge in [0.1, 0.15) is 0 Å². The quantitative estimate of drug-likeness (QED) is 0.538. The number of carbonyl (C=O) groups is 1. The Morgan fingerprint density at radius 1 is 1.24 bits per heavy atom. The highest BCUT2D eigenvalue weighted by molar-refractivity contribution is 5.84. The Morgan fingerprint density at radius 3 is 2.66 bits per heavy atom. The average molecular weight is 392 g/mol. The van der Waals surface area contributed by atoms with Gasteiger partial charge in [-0.15, -0.1) is 0 Å². The summed E-state index contributed by atoms with van der Waals surface area (Å²) in [7, 11) is 0. The second-order valence-corrected chi connectivity index (χ2v) is 8.98. The molecule has 0 unspecified atom stereocenters. The third-order valence-electron chi connectivity index (χ3n) is 5.70. The Kier molecular flexibility index (Phi) is 6.41. The van der Waals surface area contributed by atoms with Crippen molar-refractivity contribution in [2.24, 2.45) is 5.10 Å². The fourth-order valence-electron chi connectivity index (χ4n) is 4.67. The minimum atomic E-state index is -0.0656. The molecule has 1 N–H and O–H groups in total. The van der Waals surface area contributed by atoms with Crippen LogP contribution in [0.2, 0.25) is 0 Å². The number of benzene rings is 2. The number of nitrogens with zero attached hydrogens (tertiary/aromatic N) is 2. The topological polar surface area (TPSA) is 44.7 Å². The molecule has 0 bridgehead atoms. The monoisotopic (exact) mass is 391 g/mol. The lowest BCUT2D eigenvalue weighted by atomic mass is 9.79. The van der Waals surface area contributed by atoms with Crippen molar-refractivity contribution in [1.82, 2.24) is 5.43 Å². The minimum absolute atomic E-state index is 0.0656. The molecule has 0 saturated carbocycles. The molecule has 0 aromatic heterocycles. The van der Waals surface area contributed by atoms with E-state index in [2.05, 4.69) is 68.2 Å². The normalized spacial score (nSPS) is 18.1. The van der Waals surface area contributed by atoms with Gasteiger partial charge in [-0.1, -0.05) is 43.3 Å². The van der Waals surface area contributed by atoms with Crippen LogP contribution >= 0.6 is 0 Å². The van der Waals surface area contributed by atoms with Gasteiger partial charge in [0.2, 0.25) is 5.91 Å². The van der Waals surface area contributed by atoms with Crippen LogP contribution in [0.25, 0.3) is 0 Å². The number of rotatable bonds is 6. The molecule has 0 aliphatic carbocycles. The molecule has 0 spiro atoms. The van der Waals surface area contributed by atoms with Crippen molar-refractivity contribution in [3.05, 3.63) is 65.2 Å². The van der Waals surface area contributed by atoms with E-state index < -0.39 is 0 Å². The van der Waals surface area contributed by atoms with Gasteiger partial charge in [-0.3, -0.25) is 4.79 Å². The molecule has 2 aromatic carbocycles. The van der Waals surface area contributed by atoms with Crippen molar-refractivity contribution in [2.75, 3.05) is 4.90 Å². The molecule has 0 radical (unpaired) electrons. The van der Waals surface area contributed by atoms with E-state index in [1.54, 1.807) is 6.21 Å². The van der Waals surface area contributed by atoms with Gasteiger partial charge in [-0.25, -0.2) is 5.43 Å². The first-order valence-electron chi connectivity index (χ1n) is 10.6. The van der Waals surface area contributed by atoms with Gasteiger partial charge in [0.25, 0.3) is 0 Å². The summed E-state index contributed by atoms with van der Waals surface area (Å²) in [6.45, 7) is 11.5. The zero-order valence-corrected chi connectivity index (χ0v) is 18.3. The van der Waals surface area contributed by atoms with Gasteiger partial charge >= 0.3 is 0 Å². The van der Waals surface area contributed by atoms with Gasteiger partial charge in [0, 0.05) is 23.7 Å². The van der Waals surface area contributed by atoms with E-state index in [4.69, 9.17) is 0 Å². The summed E-state index contributed by atoms with van der Waals surface area (Å²) in [6, 6.07) is 17.0. The molecule has 29 heavy (non-hydrogen) atoms. The minimum Gasteiger partial charge on any atom is -0.364 e. The maximum absolute atomic E-state index is 12.0. The zero-order valence-electron chi connectivity index (χ0n) is 18.3. The number of anilines is 1. The Morgan fingerprint density at radius 2 is 1.97 bits per heavy atom. The summed E-state index contributed by atoms with van der Waals surface area (Å²) in [5, 5.41) is 4.17. The molecule has 4 heteroatoms. The van der Waals surface area contributed by atoms with Crippen LogP contribution in [0.4, 0.5) is 5.69 Å². The molecule has 4 nitrogen and oxygen atoms in total. The molecule has 1 atom stereocenters. The average Bonchev–Trinajstić information content (AvgIpc) is 2.66. The van der Waals surface area contributed by atoms with Crippen molar-refractivity contribution < 1.29 is 4.79 Å². The molecule has 1 aliphatic heterocycles. The summed E-state index contributed by atoms with van der Waals surface area (Å²) in [5.74, 6) is 0.424. The first kappa shape index (κ1) is 21.1. The predicted octanol–water partition coefficient (Wildman–Crippen LogP) is 5.27. The lowest BCUT2D eigenvalue weighted by molar-refractivity contribution is -0.121. The van der Waals surface area contributed by atoms with Crippen LogP contribution < -0.4 is 10.3 Å². The Balaban J connectivity index is 1.65. The number of hydrogen-bond donors (Lipinski definition) is 1. The number of hydrogen-bond acceptors (Lipinski definition) is 3. The molecule has 154 valence electrons. The summed E-state index contributed by atoms with van der Waals surface area (Å²) < 4.78 is 0. The Hall–Kier alpha value is -2.62. The number of hydrazone groups is 1. The highest BCUT2D eigenvalue weighted by Crippen LogP contribution is 2.44. The largest absolute Gasteiger partial charge is 0.364 e. The molecule has 0 fully saturated rings. The second kappa shape index (κ2) is 8.81. The molecular weight excluding hydrogens is 358 g/mol. The van der Waals surface area contributed by atoms with Crippen LogP contribution in [-0.2, 0) is 11.2 Å². The van der Waals surface area contributed by atoms with Crippen LogP contribution in [0.15, 0.2) is 53.6 Å². The smallest absolute Gasteiger partial charge is 0.240 e. The predicted molar refractivity (Wildman–Crippen MR) is 122 cm³/mol. The van der Waals surface area contributed by atoms with E-state index >= 15 is 0 Å². The van der Waals surface area contributed by atoms with E-state index in [1.807, 2.05) is 30.3 Å². The summed E-state index contributed by atoms with van der Waals surface area (Å²) in [4.78, 5) is 14.6. The van der Waals surface area contributed by atoms with Gasteiger partial charge in [-0.05, 0) is 75.3 Å². The number of nitrogens with one attached hydrogen (secondary N) is 1. The van der Waals surface area contributed by atoms with Crippen molar-refractivity contribution in [3.8, 4) is 0 Å². The summed E-state index contributed by atoms with van der Waals surface area (Å²) in [6.07, 6.45) is 4.02. The third kappa shape index (κ3) is 5.06. The lowest BCUT2D eigenvalue weighted by Crippen LogP contribution is -2.51. The molecule has 1 heterocycles. The molecule has 1 aliphatic rings. The highest BCUT2D eigenvalue weighted by atomic mass is 16.2. The SMILES string of the molecule is CC(C)N1c2ccc(/C=N/NC(=O)CCc3ccccc3)cc2[C@@H](C)CC1(C)C. The maximum atomic E-state index is 12.0. The van der Waals surface area contributed by atoms with E-state index in [0.717, 1.165) is 24.0 Å². The van der Waals surface area contributed by atoms with Crippen LogP contribution in [0.1, 0.15) is 70.1 Å². The summed E-state index contributed by atoms with van der Waals surface area (Å²) in [5.41, 5.74) is 7.64. The molecule has 0 saturated heterocycles. The molecule has 3 rings (SSSR count). The first-order chi connectivity index (χ1) is 13.8. The first-order valence-corrected chi connectivity index (χ1v) is 10.6. The standard InChI is InChI=1S/C25H33N3O/c1-18(2)28-23-13-11-21(15-22(23)19(3)16-25(28,4)5)17-26-27-24(29)14-12-20-9-7-6-8-10-20/h6-11,13,15,17-19H,12,14,16H2,1-5H3,(H,27,29)/b26-17+/t19-/m0/s1. The highest BCUT2D eigenvalue weighted by Gasteiger charge is 2.37. The fourth-order valence-corrected chi connectivity index (χ4v) is 4.67. The van der Waals surface area contributed by atoms with Crippen molar-refractivity contribution in [3.63, 3.8) is 0 Å². The van der Waals surface area contributed by atoms with E-state index in [-0.39, 0.29) is 11.4 Å². The zero-order chi connectivity index (χ0) is 21.0. The number of amides is 1. The van der Waals surface area contributed by atoms with Crippen LogP contribution in [-0.4, -0.2) is 23.7 Å². The van der Waals surface area contributed by atoms with Crippen LogP contribution in [0, 0.1) is 0 Å². The van der Waals surface area contributed by atoms with Gasteiger partial charge < -0.3 is 4.90 Å². The van der Waals surface area contributed by atoms with Crippen LogP contribution in [0.3, 0.4) is 0 Å². The van der Waals surface area contributed by atoms with Gasteiger partial charge in [0.15, 0.2) is 0 Å².